The average molecular weight is 428 g/mol. The molecule has 8 nitrogen and oxygen atoms in total. The van der Waals surface area contributed by atoms with Gasteiger partial charge in [-0.2, -0.15) is 4.31 Å². The van der Waals surface area contributed by atoms with E-state index in [1.807, 2.05) is 0 Å². The zero-order valence-electron chi connectivity index (χ0n) is 14.5. The molecule has 3 rings (SSSR count). The highest BCUT2D eigenvalue weighted by Crippen LogP contribution is 2.36. The van der Waals surface area contributed by atoms with Crippen LogP contribution in [0.3, 0.4) is 0 Å². The quantitative estimate of drug-likeness (QED) is 0.760. The molecule has 0 bridgehead atoms. The fourth-order valence-electron chi connectivity index (χ4n) is 2.47. The molecular formula is C17H15ClFN3O5S. The molecule has 1 heterocycles. The molecule has 0 aliphatic carbocycles. The summed E-state index contributed by atoms with van der Waals surface area (Å²) in [5.41, 5.74) is 0.588. The summed E-state index contributed by atoms with van der Waals surface area (Å²) in [7, 11) is -2.90. The number of nitrogens with zero attached hydrogens (tertiary/aromatic N) is 1. The number of likely N-dealkylation sites (N-methyl/N-ethyl adjacent to an activating group) is 1. The number of fused-ring (bicyclic) bond motifs is 1. The number of ether oxygens (including phenoxy) is 1. The van der Waals surface area contributed by atoms with Crippen molar-refractivity contribution in [3.8, 4) is 5.75 Å². The van der Waals surface area contributed by atoms with Crippen molar-refractivity contribution >= 4 is 44.8 Å². The Labute approximate surface area is 165 Å². The van der Waals surface area contributed by atoms with Crippen LogP contribution in [-0.4, -0.2) is 44.7 Å². The minimum Gasteiger partial charge on any atom is -0.482 e. The molecule has 0 spiro atoms. The standard InChI is InChI=1S/C17H15ClFN3O5S/c1-22(8-16(23)20-11-4-2-10(19)3-5-11)28(25,26)15-7-14-13(6-12(15)18)21-17(24)9-27-14/h2-7H,8-9H2,1H3,(H,20,23)(H,21,24). The number of hydrogen-bond acceptors (Lipinski definition) is 5. The van der Waals surface area contributed by atoms with E-state index in [1.165, 1.54) is 43.4 Å². The second-order valence-corrected chi connectivity index (χ2v) is 8.35. The summed E-state index contributed by atoms with van der Waals surface area (Å²) in [6, 6.07) is 7.51. The van der Waals surface area contributed by atoms with Crippen LogP contribution in [0.5, 0.6) is 5.75 Å². The molecule has 0 aromatic heterocycles. The Morgan fingerprint density at radius 2 is 2.00 bits per heavy atom. The Kier molecular flexibility index (Phi) is 5.54. The molecule has 0 atom stereocenters. The van der Waals surface area contributed by atoms with Crippen LogP contribution in [0.1, 0.15) is 0 Å². The van der Waals surface area contributed by atoms with Gasteiger partial charge in [0.25, 0.3) is 5.91 Å². The number of nitrogens with one attached hydrogen (secondary N) is 2. The zero-order valence-corrected chi connectivity index (χ0v) is 16.1. The van der Waals surface area contributed by atoms with Gasteiger partial charge in [-0.05, 0) is 30.3 Å². The van der Waals surface area contributed by atoms with Gasteiger partial charge in [0, 0.05) is 18.8 Å². The van der Waals surface area contributed by atoms with Crippen LogP contribution in [0.4, 0.5) is 15.8 Å². The van der Waals surface area contributed by atoms with Crippen LogP contribution in [0.15, 0.2) is 41.3 Å². The Bertz CT molecular complexity index is 1040. The first-order chi connectivity index (χ1) is 13.2. The van der Waals surface area contributed by atoms with Gasteiger partial charge in [0.15, 0.2) is 6.61 Å². The molecule has 2 N–H and O–H groups in total. The van der Waals surface area contributed by atoms with Crippen molar-refractivity contribution in [2.75, 3.05) is 30.8 Å². The van der Waals surface area contributed by atoms with E-state index in [-0.39, 0.29) is 33.9 Å². The van der Waals surface area contributed by atoms with E-state index in [1.54, 1.807) is 0 Å². The third kappa shape index (κ3) is 4.24. The molecule has 0 unspecified atom stereocenters. The van der Waals surface area contributed by atoms with E-state index < -0.39 is 28.3 Å². The van der Waals surface area contributed by atoms with Gasteiger partial charge in [-0.25, -0.2) is 12.8 Å². The Morgan fingerprint density at radius 1 is 1.32 bits per heavy atom. The highest BCUT2D eigenvalue weighted by Gasteiger charge is 2.28. The Hall–Kier alpha value is -2.69. The lowest BCUT2D eigenvalue weighted by Gasteiger charge is -2.22. The monoisotopic (exact) mass is 427 g/mol. The average Bonchev–Trinajstić information content (AvgIpc) is 2.62. The number of halogens is 2. The highest BCUT2D eigenvalue weighted by molar-refractivity contribution is 7.89. The van der Waals surface area contributed by atoms with Crippen LogP contribution >= 0.6 is 11.6 Å². The number of anilines is 2. The fourth-order valence-corrected chi connectivity index (χ4v) is 4.11. The summed E-state index contributed by atoms with van der Waals surface area (Å²) in [4.78, 5) is 23.2. The third-order valence-electron chi connectivity index (χ3n) is 3.85. The lowest BCUT2D eigenvalue weighted by molar-refractivity contribution is -0.118. The lowest BCUT2D eigenvalue weighted by atomic mass is 10.2. The van der Waals surface area contributed by atoms with E-state index in [9.17, 15) is 22.4 Å². The molecular weight excluding hydrogens is 413 g/mol. The third-order valence-corrected chi connectivity index (χ3v) is 6.12. The van der Waals surface area contributed by atoms with Crippen LogP contribution in [0.25, 0.3) is 0 Å². The molecule has 0 saturated heterocycles. The van der Waals surface area contributed by atoms with E-state index in [0.717, 1.165) is 4.31 Å². The Balaban J connectivity index is 1.77. The first-order valence-corrected chi connectivity index (χ1v) is 9.76. The molecule has 2 amide bonds. The van der Waals surface area contributed by atoms with Gasteiger partial charge >= 0.3 is 0 Å². The van der Waals surface area contributed by atoms with Crippen LogP contribution in [0, 0.1) is 5.82 Å². The largest absolute Gasteiger partial charge is 0.482 e. The SMILES string of the molecule is CN(CC(=O)Nc1ccc(F)cc1)S(=O)(=O)c1cc2c(cc1Cl)NC(=O)CO2. The van der Waals surface area contributed by atoms with Gasteiger partial charge in [-0.3, -0.25) is 9.59 Å². The van der Waals surface area contributed by atoms with Gasteiger partial charge in [-0.15, -0.1) is 0 Å². The molecule has 11 heteroatoms. The minimum absolute atomic E-state index is 0.129. The molecule has 2 aromatic rings. The van der Waals surface area contributed by atoms with Crippen molar-refractivity contribution in [1.29, 1.82) is 0 Å². The van der Waals surface area contributed by atoms with Gasteiger partial charge < -0.3 is 15.4 Å². The summed E-state index contributed by atoms with van der Waals surface area (Å²) in [6.07, 6.45) is 0. The predicted molar refractivity (Wildman–Crippen MR) is 100 cm³/mol. The summed E-state index contributed by atoms with van der Waals surface area (Å²) < 4.78 is 44.6. The maximum Gasteiger partial charge on any atom is 0.262 e. The molecule has 1 aliphatic rings. The van der Waals surface area contributed by atoms with E-state index >= 15 is 0 Å². The molecule has 0 saturated carbocycles. The van der Waals surface area contributed by atoms with Crippen molar-refractivity contribution in [2.45, 2.75) is 4.90 Å². The Morgan fingerprint density at radius 3 is 2.68 bits per heavy atom. The molecule has 148 valence electrons. The van der Waals surface area contributed by atoms with Crippen LogP contribution in [0.2, 0.25) is 5.02 Å². The number of carbonyl (C=O) groups excluding carboxylic acids is 2. The zero-order chi connectivity index (χ0) is 20.5. The lowest BCUT2D eigenvalue weighted by Crippen LogP contribution is -2.35. The van der Waals surface area contributed by atoms with Gasteiger partial charge in [0.2, 0.25) is 15.9 Å². The molecule has 1 aliphatic heterocycles. The number of carbonyl (C=O) groups is 2. The first-order valence-electron chi connectivity index (χ1n) is 7.95. The van der Waals surface area contributed by atoms with Crippen LogP contribution in [-0.2, 0) is 19.6 Å². The van der Waals surface area contributed by atoms with Crippen molar-refractivity contribution < 1.29 is 27.1 Å². The maximum absolute atomic E-state index is 12.9. The normalized spacial score (nSPS) is 13.5. The summed E-state index contributed by atoms with van der Waals surface area (Å²) in [5, 5.41) is 4.87. The van der Waals surface area contributed by atoms with Gasteiger partial charge in [0.1, 0.15) is 16.5 Å². The smallest absolute Gasteiger partial charge is 0.262 e. The molecule has 28 heavy (non-hydrogen) atoms. The highest BCUT2D eigenvalue weighted by atomic mass is 35.5. The second kappa shape index (κ2) is 7.74. The van der Waals surface area contributed by atoms with Crippen molar-refractivity contribution in [3.05, 3.63) is 47.2 Å². The minimum atomic E-state index is -4.12. The van der Waals surface area contributed by atoms with Gasteiger partial charge in [0.05, 0.1) is 17.3 Å². The van der Waals surface area contributed by atoms with Crippen LogP contribution < -0.4 is 15.4 Å². The first kappa shape index (κ1) is 20.1. The summed E-state index contributed by atoms with van der Waals surface area (Å²) in [5.74, 6) is -1.30. The molecule has 0 radical (unpaired) electrons. The predicted octanol–water partition coefficient (Wildman–Crippen LogP) is 2.07. The molecule has 0 fully saturated rings. The van der Waals surface area contributed by atoms with E-state index in [0.29, 0.717) is 5.69 Å². The topological polar surface area (TPSA) is 105 Å². The number of amides is 2. The molecule has 2 aromatic carbocycles. The number of hydrogen-bond donors (Lipinski definition) is 2. The van der Waals surface area contributed by atoms with Crippen molar-refractivity contribution in [3.63, 3.8) is 0 Å². The summed E-state index contributed by atoms with van der Waals surface area (Å²) >= 11 is 6.07. The number of sulfonamides is 1. The summed E-state index contributed by atoms with van der Waals surface area (Å²) in [6.45, 7) is -0.741. The van der Waals surface area contributed by atoms with Crippen molar-refractivity contribution in [1.82, 2.24) is 4.31 Å². The number of rotatable bonds is 5. The fraction of sp³-hybridized carbons (Fsp3) is 0.176. The van der Waals surface area contributed by atoms with E-state index in [4.69, 9.17) is 16.3 Å². The van der Waals surface area contributed by atoms with E-state index in [2.05, 4.69) is 10.6 Å². The van der Waals surface area contributed by atoms with Gasteiger partial charge in [-0.1, -0.05) is 11.6 Å². The van der Waals surface area contributed by atoms with Crippen molar-refractivity contribution in [2.24, 2.45) is 0 Å². The number of benzene rings is 2. The maximum atomic E-state index is 12.9. The second-order valence-electron chi connectivity index (χ2n) is 5.93.